The van der Waals surface area contributed by atoms with Crippen LogP contribution in [0.15, 0.2) is 48.7 Å². The van der Waals surface area contributed by atoms with Crippen molar-refractivity contribution in [2.75, 3.05) is 5.32 Å². The molecule has 1 amide bonds. The minimum absolute atomic E-state index is 0.366. The second kappa shape index (κ2) is 8.09. The number of thiazole rings is 1. The van der Waals surface area contributed by atoms with Gasteiger partial charge in [0.15, 0.2) is 6.10 Å². The van der Waals surface area contributed by atoms with E-state index in [0.717, 1.165) is 5.56 Å². The van der Waals surface area contributed by atoms with Crippen molar-refractivity contribution in [3.63, 3.8) is 0 Å². The van der Waals surface area contributed by atoms with Crippen LogP contribution in [0.5, 0.6) is 0 Å². The fraction of sp³-hybridized carbons (Fsp3) is 0.200. The molecule has 7 heteroatoms. The topological polar surface area (TPSA) is 81.2 Å². The maximum absolute atomic E-state index is 12.5. The third kappa shape index (κ3) is 4.57. The number of benzene rings is 1. The lowest BCUT2D eigenvalue weighted by atomic mass is 10.2. The zero-order valence-corrected chi connectivity index (χ0v) is 16.0. The number of aromatic nitrogens is 2. The molecule has 3 aromatic rings. The highest BCUT2D eigenvalue weighted by Gasteiger charge is 2.23. The van der Waals surface area contributed by atoms with Crippen LogP contribution in [0.2, 0.25) is 0 Å². The molecule has 0 aliphatic carbocycles. The van der Waals surface area contributed by atoms with E-state index in [-0.39, 0.29) is 5.91 Å². The van der Waals surface area contributed by atoms with Gasteiger partial charge < -0.3 is 10.1 Å². The summed E-state index contributed by atoms with van der Waals surface area (Å²) in [6.07, 6.45) is 0.736. The van der Waals surface area contributed by atoms with E-state index in [1.54, 1.807) is 25.3 Å². The number of nitrogens with zero attached hydrogens (tertiary/aromatic N) is 2. The third-order valence-electron chi connectivity index (χ3n) is 3.84. The molecular formula is C20H19N3O3S. The van der Waals surface area contributed by atoms with Crippen molar-refractivity contribution < 1.29 is 14.3 Å². The average molecular weight is 381 g/mol. The summed E-state index contributed by atoms with van der Waals surface area (Å²) in [7, 11) is 0. The van der Waals surface area contributed by atoms with Gasteiger partial charge in [0.25, 0.3) is 5.91 Å². The molecule has 0 aliphatic heterocycles. The van der Waals surface area contributed by atoms with Crippen molar-refractivity contribution in [3.05, 3.63) is 64.8 Å². The van der Waals surface area contributed by atoms with Gasteiger partial charge in [0, 0.05) is 11.9 Å². The molecule has 0 aliphatic rings. The van der Waals surface area contributed by atoms with Crippen LogP contribution < -0.4 is 5.32 Å². The Bertz CT molecular complexity index is 952. The molecule has 2 heterocycles. The molecule has 2 aromatic heterocycles. The minimum Gasteiger partial charge on any atom is -0.448 e. The summed E-state index contributed by atoms with van der Waals surface area (Å²) in [6.45, 7) is 5.24. The first-order valence-corrected chi connectivity index (χ1v) is 9.23. The summed E-state index contributed by atoms with van der Waals surface area (Å²) in [4.78, 5) is 33.7. The number of hydrogen-bond donors (Lipinski definition) is 1. The largest absolute Gasteiger partial charge is 0.448 e. The lowest BCUT2D eigenvalue weighted by molar-refractivity contribution is -0.123. The first kappa shape index (κ1) is 18.7. The van der Waals surface area contributed by atoms with Crippen molar-refractivity contribution in [2.24, 2.45) is 0 Å². The molecular weight excluding hydrogens is 362 g/mol. The van der Waals surface area contributed by atoms with Crippen molar-refractivity contribution >= 4 is 28.9 Å². The van der Waals surface area contributed by atoms with Crippen molar-refractivity contribution in [1.29, 1.82) is 0 Å². The van der Waals surface area contributed by atoms with Gasteiger partial charge in [0.05, 0.1) is 11.4 Å². The van der Waals surface area contributed by atoms with Gasteiger partial charge >= 0.3 is 5.97 Å². The van der Waals surface area contributed by atoms with Crippen molar-refractivity contribution in [3.8, 4) is 10.7 Å². The minimum atomic E-state index is -0.932. The zero-order chi connectivity index (χ0) is 19.4. The summed E-state index contributed by atoms with van der Waals surface area (Å²) < 4.78 is 5.32. The number of rotatable bonds is 5. The second-order valence-electron chi connectivity index (χ2n) is 6.05. The monoisotopic (exact) mass is 381 g/mol. The van der Waals surface area contributed by atoms with Gasteiger partial charge in [-0.15, -0.1) is 11.3 Å². The summed E-state index contributed by atoms with van der Waals surface area (Å²) >= 11 is 1.20. The highest BCUT2D eigenvalue weighted by molar-refractivity contribution is 7.17. The molecule has 0 bridgehead atoms. The molecule has 0 spiro atoms. The molecule has 6 nitrogen and oxygen atoms in total. The number of ether oxygens (including phenoxy) is 1. The summed E-state index contributed by atoms with van der Waals surface area (Å²) in [5.41, 5.74) is 2.99. The molecule has 1 N–H and O–H groups in total. The Labute approximate surface area is 161 Å². The lowest BCUT2D eigenvalue weighted by Gasteiger charge is -2.13. The van der Waals surface area contributed by atoms with Crippen LogP contribution in [-0.2, 0) is 9.53 Å². The second-order valence-corrected chi connectivity index (χ2v) is 7.05. The number of esters is 1. The standard InChI is InChI=1S/C20H19N3O3S/c1-12-7-9-15(10-8-12)23-18(24)14(3)26-20(25)17-13(2)22-19(27-17)16-6-4-5-11-21-16/h4-11,14H,1-3H3,(H,23,24)/t14-/m1/s1. The quantitative estimate of drug-likeness (QED) is 0.676. The van der Waals surface area contributed by atoms with Crippen LogP contribution in [-0.4, -0.2) is 27.9 Å². The third-order valence-corrected chi connectivity index (χ3v) is 5.00. The molecule has 0 unspecified atom stereocenters. The molecule has 0 saturated carbocycles. The van der Waals surface area contributed by atoms with Gasteiger partial charge in [-0.2, -0.15) is 0 Å². The summed E-state index contributed by atoms with van der Waals surface area (Å²) in [5.74, 6) is -0.960. The van der Waals surface area contributed by atoms with Crippen LogP contribution in [0.1, 0.15) is 27.9 Å². The highest BCUT2D eigenvalue weighted by Crippen LogP contribution is 2.27. The van der Waals surface area contributed by atoms with Gasteiger partial charge in [-0.05, 0) is 45.0 Å². The van der Waals surface area contributed by atoms with E-state index in [1.807, 2.05) is 37.3 Å². The Balaban J connectivity index is 1.67. The number of hydrogen-bond acceptors (Lipinski definition) is 6. The highest BCUT2D eigenvalue weighted by atomic mass is 32.1. The van der Waals surface area contributed by atoms with Crippen LogP contribution in [0, 0.1) is 13.8 Å². The van der Waals surface area contributed by atoms with E-state index in [0.29, 0.717) is 27.0 Å². The van der Waals surface area contributed by atoms with Crippen LogP contribution >= 0.6 is 11.3 Å². The molecule has 1 atom stereocenters. The fourth-order valence-electron chi connectivity index (χ4n) is 2.33. The average Bonchev–Trinajstić information content (AvgIpc) is 3.06. The predicted molar refractivity (Wildman–Crippen MR) is 105 cm³/mol. The smallest absolute Gasteiger partial charge is 0.351 e. The van der Waals surface area contributed by atoms with Crippen LogP contribution in [0.4, 0.5) is 5.69 Å². The maximum atomic E-state index is 12.5. The van der Waals surface area contributed by atoms with Gasteiger partial charge in [-0.3, -0.25) is 9.78 Å². The molecule has 0 saturated heterocycles. The molecule has 1 aromatic carbocycles. The Morgan fingerprint density at radius 2 is 1.85 bits per heavy atom. The Kier molecular flexibility index (Phi) is 5.61. The molecule has 3 rings (SSSR count). The van der Waals surface area contributed by atoms with Gasteiger partial charge in [0.1, 0.15) is 9.88 Å². The number of aryl methyl sites for hydroxylation is 2. The maximum Gasteiger partial charge on any atom is 0.351 e. The summed E-state index contributed by atoms with van der Waals surface area (Å²) in [5, 5.41) is 3.37. The van der Waals surface area contributed by atoms with E-state index in [2.05, 4.69) is 15.3 Å². The lowest BCUT2D eigenvalue weighted by Crippen LogP contribution is -2.29. The van der Waals surface area contributed by atoms with E-state index in [9.17, 15) is 9.59 Å². The molecule has 0 fully saturated rings. The van der Waals surface area contributed by atoms with Crippen molar-refractivity contribution in [1.82, 2.24) is 9.97 Å². The van der Waals surface area contributed by atoms with Gasteiger partial charge in [-0.25, -0.2) is 9.78 Å². The Morgan fingerprint density at radius 1 is 1.11 bits per heavy atom. The van der Waals surface area contributed by atoms with E-state index in [1.165, 1.54) is 18.3 Å². The van der Waals surface area contributed by atoms with E-state index in [4.69, 9.17) is 4.74 Å². The van der Waals surface area contributed by atoms with Gasteiger partial charge in [0.2, 0.25) is 0 Å². The number of amides is 1. The number of pyridine rings is 1. The Hall–Kier alpha value is -3.06. The molecule has 0 radical (unpaired) electrons. The van der Waals surface area contributed by atoms with Crippen LogP contribution in [0.25, 0.3) is 10.7 Å². The molecule has 138 valence electrons. The Morgan fingerprint density at radius 3 is 2.52 bits per heavy atom. The first-order chi connectivity index (χ1) is 12.9. The zero-order valence-electron chi connectivity index (χ0n) is 15.2. The predicted octanol–water partition coefficient (Wildman–Crippen LogP) is 4.01. The number of nitrogens with one attached hydrogen (secondary N) is 1. The SMILES string of the molecule is Cc1ccc(NC(=O)[C@@H](C)OC(=O)c2sc(-c3ccccn3)nc2C)cc1. The van der Waals surface area contributed by atoms with E-state index >= 15 is 0 Å². The normalized spacial score (nSPS) is 11.7. The van der Waals surface area contributed by atoms with E-state index < -0.39 is 12.1 Å². The number of carbonyl (C=O) groups is 2. The van der Waals surface area contributed by atoms with Crippen molar-refractivity contribution in [2.45, 2.75) is 26.9 Å². The van der Waals surface area contributed by atoms with Gasteiger partial charge in [-0.1, -0.05) is 23.8 Å². The number of carbonyl (C=O) groups excluding carboxylic acids is 2. The fourth-order valence-corrected chi connectivity index (χ4v) is 3.26. The first-order valence-electron chi connectivity index (χ1n) is 8.41. The molecule has 27 heavy (non-hydrogen) atoms. The number of anilines is 1. The summed E-state index contributed by atoms with van der Waals surface area (Å²) in [6, 6.07) is 12.9. The van der Waals surface area contributed by atoms with Crippen LogP contribution in [0.3, 0.4) is 0 Å².